The van der Waals surface area contributed by atoms with E-state index in [1.807, 2.05) is 0 Å². The average Bonchev–Trinajstić information content (AvgIpc) is 2.12. The van der Waals surface area contributed by atoms with E-state index < -0.39 is 5.97 Å². The van der Waals surface area contributed by atoms with Crippen molar-refractivity contribution < 1.29 is 9.90 Å². The highest BCUT2D eigenvalue weighted by atomic mass is 16.4. The molecule has 0 unspecified atom stereocenters. The van der Waals surface area contributed by atoms with Crippen LogP contribution in [0.3, 0.4) is 0 Å². The Hall–Kier alpha value is -1.06. The summed E-state index contributed by atoms with van der Waals surface area (Å²) in [6.07, 6.45) is 0. The zero-order valence-electron chi connectivity index (χ0n) is 4.18. The molecule has 0 aliphatic carbocycles. The van der Waals surface area contributed by atoms with Crippen molar-refractivity contribution in [1.82, 2.24) is 5.32 Å². The molecule has 0 amide bonds. The first kappa shape index (κ1) is 5.08. The number of nitrogens with one attached hydrogen (secondary N) is 1. The fourth-order valence-corrected chi connectivity index (χ4v) is 0.535. The Labute approximate surface area is 46.2 Å². The van der Waals surface area contributed by atoms with Crippen molar-refractivity contribution in [3.63, 3.8) is 0 Å². The first-order chi connectivity index (χ1) is 3.80. The van der Waals surface area contributed by atoms with Gasteiger partial charge in [-0.25, -0.2) is 9.90 Å². The van der Waals surface area contributed by atoms with Gasteiger partial charge < -0.3 is 5.32 Å². The van der Waals surface area contributed by atoms with Crippen LogP contribution in [0.2, 0.25) is 0 Å². The van der Waals surface area contributed by atoms with E-state index in [-0.39, 0.29) is 5.84 Å². The van der Waals surface area contributed by atoms with E-state index in [2.05, 4.69) is 10.3 Å². The number of rotatable bonds is 1. The van der Waals surface area contributed by atoms with Crippen molar-refractivity contribution in [2.45, 2.75) is 0 Å². The van der Waals surface area contributed by atoms with Gasteiger partial charge in [0.05, 0.1) is 6.54 Å². The molecule has 0 bridgehead atoms. The van der Waals surface area contributed by atoms with E-state index in [1.165, 1.54) is 0 Å². The molecule has 1 rings (SSSR count). The first-order valence-corrected chi connectivity index (χ1v) is 2.30. The van der Waals surface area contributed by atoms with Gasteiger partial charge in [0.2, 0.25) is 5.84 Å². The smallest absolute Gasteiger partial charge is 0.362 e. The number of amidine groups is 1. The van der Waals surface area contributed by atoms with Crippen LogP contribution in [-0.4, -0.2) is 24.9 Å². The largest absolute Gasteiger partial charge is 0.420 e. The van der Waals surface area contributed by atoms with Gasteiger partial charge in [0, 0.05) is 6.54 Å². The molecule has 4 heteroatoms. The molecule has 8 heavy (non-hydrogen) atoms. The molecule has 1 N–H and O–H groups in total. The summed E-state index contributed by atoms with van der Waals surface area (Å²) in [5.41, 5.74) is 0. The monoisotopic (exact) mass is 113 g/mol. The van der Waals surface area contributed by atoms with E-state index >= 15 is 0 Å². The van der Waals surface area contributed by atoms with Gasteiger partial charge in [-0.05, 0) is 0 Å². The van der Waals surface area contributed by atoms with Gasteiger partial charge in [-0.2, -0.15) is 0 Å². The molecule has 1 radical (unpaired) electrons. The zero-order chi connectivity index (χ0) is 5.98. The summed E-state index contributed by atoms with van der Waals surface area (Å²) in [6, 6.07) is 0. The Morgan fingerprint density at radius 1 is 1.75 bits per heavy atom. The second-order valence-corrected chi connectivity index (χ2v) is 1.44. The van der Waals surface area contributed by atoms with E-state index in [4.69, 9.17) is 0 Å². The summed E-state index contributed by atoms with van der Waals surface area (Å²) in [5.74, 6) is -1.24. The number of hydrogen-bond acceptors (Lipinski definition) is 3. The Morgan fingerprint density at radius 3 is 2.75 bits per heavy atom. The van der Waals surface area contributed by atoms with E-state index in [1.54, 1.807) is 0 Å². The van der Waals surface area contributed by atoms with Crippen LogP contribution >= 0.6 is 0 Å². The van der Waals surface area contributed by atoms with Crippen molar-refractivity contribution in [3.8, 4) is 0 Å². The van der Waals surface area contributed by atoms with E-state index in [9.17, 15) is 9.90 Å². The lowest BCUT2D eigenvalue weighted by Crippen LogP contribution is -2.25. The summed E-state index contributed by atoms with van der Waals surface area (Å²) in [5, 5.41) is 12.4. The normalized spacial score (nSPS) is 17.2. The molecule has 0 saturated carbocycles. The third-order valence-electron chi connectivity index (χ3n) is 0.868. The molecular weight excluding hydrogens is 108 g/mol. The van der Waals surface area contributed by atoms with Gasteiger partial charge in [0.25, 0.3) is 0 Å². The fraction of sp³-hybridized carbons (Fsp3) is 0.500. The van der Waals surface area contributed by atoms with Crippen LogP contribution in [0.4, 0.5) is 0 Å². The topological polar surface area (TPSA) is 61.4 Å². The summed E-state index contributed by atoms with van der Waals surface area (Å²) in [7, 11) is 0. The maximum absolute atomic E-state index is 9.90. The Balaban J connectivity index is 2.57. The van der Waals surface area contributed by atoms with Crippen LogP contribution in [0.5, 0.6) is 0 Å². The highest BCUT2D eigenvalue weighted by molar-refractivity contribution is 6.34. The maximum Gasteiger partial charge on any atom is 0.420 e. The second-order valence-electron chi connectivity index (χ2n) is 1.44. The molecular formula is C4H5N2O2. The molecule has 0 aromatic rings. The van der Waals surface area contributed by atoms with Crippen LogP contribution in [0.25, 0.3) is 0 Å². The van der Waals surface area contributed by atoms with Gasteiger partial charge in [0.15, 0.2) is 0 Å². The lowest BCUT2D eigenvalue weighted by atomic mass is 10.6. The van der Waals surface area contributed by atoms with Gasteiger partial charge in [0.1, 0.15) is 0 Å². The summed E-state index contributed by atoms with van der Waals surface area (Å²) < 4.78 is 0. The Kier molecular flexibility index (Phi) is 1.15. The summed E-state index contributed by atoms with van der Waals surface area (Å²) >= 11 is 0. The van der Waals surface area contributed by atoms with Gasteiger partial charge in [-0.3, -0.25) is 4.99 Å². The highest BCUT2D eigenvalue weighted by Crippen LogP contribution is 1.83. The van der Waals surface area contributed by atoms with Crippen molar-refractivity contribution in [1.29, 1.82) is 0 Å². The number of aliphatic imine (C=N–C) groups is 1. The Morgan fingerprint density at radius 2 is 2.50 bits per heavy atom. The predicted octanol–water partition coefficient (Wildman–Crippen LogP) is -1.05. The van der Waals surface area contributed by atoms with Crippen LogP contribution in [0.15, 0.2) is 4.99 Å². The molecule has 0 atom stereocenters. The van der Waals surface area contributed by atoms with Crippen molar-refractivity contribution in [2.24, 2.45) is 4.99 Å². The van der Waals surface area contributed by atoms with Crippen LogP contribution in [0, 0.1) is 0 Å². The van der Waals surface area contributed by atoms with Gasteiger partial charge in [-0.15, -0.1) is 0 Å². The summed E-state index contributed by atoms with van der Waals surface area (Å²) in [6.45, 7) is 1.16. The van der Waals surface area contributed by atoms with E-state index in [0.717, 1.165) is 0 Å². The molecule has 1 aliphatic heterocycles. The van der Waals surface area contributed by atoms with E-state index in [0.29, 0.717) is 13.1 Å². The Bertz CT molecular complexity index is 141. The standard InChI is InChI=1S/C4H5N2O2/c7-4(8)3-5-1-2-6-3/h1-2H2,(H,5,6). The molecule has 0 aromatic carbocycles. The molecule has 43 valence electrons. The highest BCUT2D eigenvalue weighted by Gasteiger charge is 2.13. The third-order valence-corrected chi connectivity index (χ3v) is 0.868. The maximum atomic E-state index is 9.90. The van der Waals surface area contributed by atoms with Crippen LogP contribution < -0.4 is 5.32 Å². The SMILES string of the molecule is [O]C(=O)C1=NCCN1. The number of hydrogen-bond donors (Lipinski definition) is 1. The third kappa shape index (κ3) is 0.776. The quantitative estimate of drug-likeness (QED) is 0.471. The number of nitrogens with zero attached hydrogens (tertiary/aromatic N) is 1. The molecule has 1 heterocycles. The lowest BCUT2D eigenvalue weighted by molar-refractivity contribution is -0.135. The van der Waals surface area contributed by atoms with Crippen molar-refractivity contribution >= 4 is 11.8 Å². The average molecular weight is 113 g/mol. The minimum Gasteiger partial charge on any atom is -0.362 e. The van der Waals surface area contributed by atoms with Crippen molar-refractivity contribution in [3.05, 3.63) is 0 Å². The second kappa shape index (κ2) is 1.81. The molecule has 0 saturated heterocycles. The van der Waals surface area contributed by atoms with Crippen LogP contribution in [-0.2, 0) is 9.90 Å². The molecule has 0 spiro atoms. The minimum absolute atomic E-state index is 0.0231. The molecule has 4 nitrogen and oxygen atoms in total. The molecule has 0 fully saturated rings. The summed E-state index contributed by atoms with van der Waals surface area (Å²) in [4.78, 5) is 13.5. The fourth-order valence-electron chi connectivity index (χ4n) is 0.535. The van der Waals surface area contributed by atoms with Crippen LogP contribution in [0.1, 0.15) is 0 Å². The first-order valence-electron chi connectivity index (χ1n) is 2.30. The molecule has 1 aliphatic rings. The number of carbonyl (C=O) groups excluding carboxylic acids is 1. The van der Waals surface area contributed by atoms with Crippen molar-refractivity contribution in [2.75, 3.05) is 13.1 Å². The predicted molar refractivity (Wildman–Crippen MR) is 26.0 cm³/mol. The van der Waals surface area contributed by atoms with Gasteiger partial charge in [-0.1, -0.05) is 0 Å². The lowest BCUT2D eigenvalue weighted by Gasteiger charge is -1.87. The minimum atomic E-state index is -1.22. The number of carbonyl (C=O) groups is 1. The van der Waals surface area contributed by atoms with Gasteiger partial charge >= 0.3 is 5.97 Å². The zero-order valence-corrected chi connectivity index (χ0v) is 4.18. The molecule has 0 aromatic heterocycles.